The molecule has 0 aliphatic heterocycles. The summed E-state index contributed by atoms with van der Waals surface area (Å²) in [5.74, 6) is 2.48. The molecule has 2 amide bonds. The molecule has 48 heavy (non-hydrogen) atoms. The van der Waals surface area contributed by atoms with Crippen molar-refractivity contribution in [2.75, 3.05) is 13.6 Å². The summed E-state index contributed by atoms with van der Waals surface area (Å²) in [6, 6.07) is 13.7. The maximum absolute atomic E-state index is 12.3. The molecular weight excluding hydrogens is 596 g/mol. The first-order chi connectivity index (χ1) is 23.1. The lowest BCUT2D eigenvalue weighted by molar-refractivity contribution is -0.130. The second-order valence-electron chi connectivity index (χ2n) is 15.9. The molecule has 6 heteroatoms. The molecule has 0 radical (unpaired) electrons. The fourth-order valence-electron chi connectivity index (χ4n) is 10.0. The number of rotatable bonds is 17. The minimum Gasteiger partial charge on any atom is -0.508 e. The van der Waals surface area contributed by atoms with Crippen molar-refractivity contribution in [3.05, 3.63) is 64.7 Å². The molecule has 4 N–H and O–H groups in total. The first kappa shape index (κ1) is 36.4. The monoisotopic (exact) mass is 658 g/mol. The highest BCUT2D eigenvalue weighted by Gasteiger charge is 2.59. The predicted octanol–water partition coefficient (Wildman–Crippen LogP) is 8.56. The maximum Gasteiger partial charge on any atom is 0.248 e. The highest BCUT2D eigenvalue weighted by atomic mass is 16.3. The number of benzene rings is 2. The fraction of sp³-hybridized carbons (Fsp3) is 0.667. The van der Waals surface area contributed by atoms with Gasteiger partial charge in [-0.2, -0.15) is 0 Å². The molecule has 7 atom stereocenters. The van der Waals surface area contributed by atoms with E-state index in [0.29, 0.717) is 47.3 Å². The van der Waals surface area contributed by atoms with Crippen LogP contribution in [-0.4, -0.2) is 46.6 Å². The van der Waals surface area contributed by atoms with E-state index in [-0.39, 0.29) is 17.4 Å². The van der Waals surface area contributed by atoms with Crippen molar-refractivity contribution in [1.82, 2.24) is 4.90 Å². The van der Waals surface area contributed by atoms with Crippen LogP contribution in [0, 0.1) is 29.1 Å². The Hall–Kier alpha value is -2.86. The number of phenols is 1. The molecule has 0 unspecified atom stereocenters. The van der Waals surface area contributed by atoms with Gasteiger partial charge in [-0.05, 0) is 127 Å². The highest BCUT2D eigenvalue weighted by Crippen LogP contribution is 2.64. The van der Waals surface area contributed by atoms with Crippen LogP contribution in [0.1, 0.15) is 143 Å². The largest absolute Gasteiger partial charge is 0.508 e. The van der Waals surface area contributed by atoms with Crippen LogP contribution in [0.5, 0.6) is 5.75 Å². The van der Waals surface area contributed by atoms with E-state index in [4.69, 9.17) is 5.73 Å². The Balaban J connectivity index is 1.15. The number of phenolic OH excluding ortho intramolecular Hbond substituents is 1. The molecule has 3 aliphatic rings. The number of unbranched alkanes of at least 4 members (excludes halogenated alkanes) is 8. The predicted molar refractivity (Wildman–Crippen MR) is 194 cm³/mol. The third-order valence-corrected chi connectivity index (χ3v) is 12.7. The Morgan fingerprint density at radius 3 is 2.42 bits per heavy atom. The van der Waals surface area contributed by atoms with Crippen molar-refractivity contribution < 1.29 is 19.8 Å². The minimum atomic E-state index is -0.406. The molecule has 0 aromatic heterocycles. The van der Waals surface area contributed by atoms with Gasteiger partial charge in [0.15, 0.2) is 0 Å². The summed E-state index contributed by atoms with van der Waals surface area (Å²) in [5, 5.41) is 22.3. The average Bonchev–Trinajstić information content (AvgIpc) is 3.32. The van der Waals surface area contributed by atoms with Crippen LogP contribution in [0.2, 0.25) is 0 Å². The quantitative estimate of drug-likeness (QED) is 0.148. The average molecular weight is 659 g/mol. The van der Waals surface area contributed by atoms with Crippen LogP contribution >= 0.6 is 0 Å². The number of aliphatic hydroxyl groups is 1. The van der Waals surface area contributed by atoms with E-state index in [1.165, 1.54) is 56.1 Å². The van der Waals surface area contributed by atoms with Crippen molar-refractivity contribution in [3.8, 4) is 5.75 Å². The smallest absolute Gasteiger partial charge is 0.248 e. The van der Waals surface area contributed by atoms with Crippen LogP contribution in [-0.2, 0) is 17.6 Å². The number of fused-ring (bicyclic) bond motifs is 5. The maximum atomic E-state index is 12.3. The Morgan fingerprint density at radius 2 is 1.69 bits per heavy atom. The number of amides is 2. The van der Waals surface area contributed by atoms with Gasteiger partial charge in [0.2, 0.25) is 11.8 Å². The molecule has 2 fully saturated rings. The summed E-state index contributed by atoms with van der Waals surface area (Å²) < 4.78 is 0. The Labute approximate surface area is 289 Å². The molecule has 0 spiro atoms. The molecule has 5 rings (SSSR count). The Bertz CT molecular complexity index is 1380. The zero-order valence-corrected chi connectivity index (χ0v) is 30.0. The van der Waals surface area contributed by atoms with Gasteiger partial charge in [0.1, 0.15) is 5.75 Å². The van der Waals surface area contributed by atoms with Gasteiger partial charge in [0.25, 0.3) is 0 Å². The summed E-state index contributed by atoms with van der Waals surface area (Å²) >= 11 is 0. The molecule has 3 aliphatic carbocycles. The molecule has 2 saturated carbocycles. The van der Waals surface area contributed by atoms with Gasteiger partial charge in [-0.15, -0.1) is 0 Å². The Kier molecular flexibility index (Phi) is 12.7. The Morgan fingerprint density at radius 1 is 0.958 bits per heavy atom. The van der Waals surface area contributed by atoms with Gasteiger partial charge in [-0.1, -0.05) is 83.4 Å². The second-order valence-corrected chi connectivity index (χ2v) is 15.9. The molecule has 6 nitrogen and oxygen atoms in total. The zero-order chi connectivity index (χ0) is 34.3. The van der Waals surface area contributed by atoms with Crippen LogP contribution in [0.25, 0.3) is 0 Å². The van der Waals surface area contributed by atoms with Crippen LogP contribution in [0.3, 0.4) is 0 Å². The van der Waals surface area contributed by atoms with Gasteiger partial charge in [0, 0.05) is 25.6 Å². The number of nitrogens with zero attached hydrogens (tertiary/aromatic N) is 1. The number of carbonyl (C=O) groups excluding carboxylic acids is 2. The van der Waals surface area contributed by atoms with Crippen LogP contribution in [0.15, 0.2) is 42.5 Å². The molecule has 2 aromatic rings. The van der Waals surface area contributed by atoms with E-state index in [0.717, 1.165) is 69.9 Å². The van der Waals surface area contributed by atoms with Crippen LogP contribution in [0.4, 0.5) is 0 Å². The molecule has 0 heterocycles. The van der Waals surface area contributed by atoms with Crippen molar-refractivity contribution in [3.63, 3.8) is 0 Å². The first-order valence-electron chi connectivity index (χ1n) is 19.2. The van der Waals surface area contributed by atoms with Gasteiger partial charge in [-0.25, -0.2) is 0 Å². The molecule has 0 bridgehead atoms. The molecule has 264 valence electrons. The van der Waals surface area contributed by atoms with Gasteiger partial charge in [-0.3, -0.25) is 9.59 Å². The number of aliphatic hydroxyl groups excluding tert-OH is 1. The summed E-state index contributed by atoms with van der Waals surface area (Å²) in [6.45, 7) is 5.39. The van der Waals surface area contributed by atoms with E-state index in [9.17, 15) is 19.8 Å². The summed E-state index contributed by atoms with van der Waals surface area (Å²) in [5.41, 5.74) is 9.85. The standard InChI is InChI=1S/C42H62N2O4/c1-4-5-23-44(3)38(46)18-13-11-9-7-6-8-10-12-16-30-26-32-27-34(45)19-20-35(32)36-21-22-42(2)37(39(30)36)28-33(40(42)47)25-29-15-14-17-31(24-29)41(43)48/h14-15,17,19-20,24,27,30,33,36-37,39-40,45,47H,4-13,16,18,21-23,25-26,28H2,1-3H3,(H2,43,48)/t30-,33+,36-,37+,39-,40+,42+/m1/s1. The summed E-state index contributed by atoms with van der Waals surface area (Å²) in [7, 11) is 1.93. The van der Waals surface area contributed by atoms with Gasteiger partial charge >= 0.3 is 0 Å². The summed E-state index contributed by atoms with van der Waals surface area (Å²) in [4.78, 5) is 26.0. The van der Waals surface area contributed by atoms with E-state index >= 15 is 0 Å². The second kappa shape index (κ2) is 16.7. The lowest BCUT2D eigenvalue weighted by Crippen LogP contribution is -2.47. The topological polar surface area (TPSA) is 104 Å². The van der Waals surface area contributed by atoms with Crippen LogP contribution < -0.4 is 5.73 Å². The SMILES string of the molecule is CCCCN(C)C(=O)CCCCCCCCCC[C@@H]1Cc2cc(O)ccc2[C@H]2CC[C@]3(C)[C@@H](O)[C@@H](Cc4cccc(C(N)=O)c4)C[C@H]3[C@H]12. The van der Waals surface area contributed by atoms with E-state index in [1.54, 1.807) is 6.07 Å². The van der Waals surface area contributed by atoms with Gasteiger partial charge < -0.3 is 20.8 Å². The number of hydrogen-bond donors (Lipinski definition) is 3. The molecule has 2 aromatic carbocycles. The molecular formula is C42H62N2O4. The third-order valence-electron chi connectivity index (χ3n) is 12.7. The van der Waals surface area contributed by atoms with E-state index in [1.807, 2.05) is 36.2 Å². The fourth-order valence-corrected chi connectivity index (χ4v) is 10.0. The molecule has 0 saturated heterocycles. The number of primary amides is 1. The van der Waals surface area contributed by atoms with Crippen molar-refractivity contribution in [1.29, 1.82) is 0 Å². The normalized spacial score (nSPS) is 27.6. The lowest BCUT2D eigenvalue weighted by Gasteiger charge is -2.53. The minimum absolute atomic E-state index is 0.102. The third kappa shape index (κ3) is 8.46. The van der Waals surface area contributed by atoms with Crippen molar-refractivity contribution in [2.24, 2.45) is 34.8 Å². The number of carbonyl (C=O) groups is 2. The van der Waals surface area contributed by atoms with Crippen molar-refractivity contribution in [2.45, 2.75) is 135 Å². The number of hydrogen-bond acceptors (Lipinski definition) is 4. The summed E-state index contributed by atoms with van der Waals surface area (Å²) in [6.07, 6.45) is 18.3. The van der Waals surface area contributed by atoms with Crippen molar-refractivity contribution >= 4 is 11.8 Å². The van der Waals surface area contributed by atoms with E-state index < -0.39 is 5.91 Å². The number of aromatic hydroxyl groups is 1. The lowest BCUT2D eigenvalue weighted by atomic mass is 9.52. The zero-order valence-electron chi connectivity index (χ0n) is 30.0. The van der Waals surface area contributed by atoms with Gasteiger partial charge in [0.05, 0.1) is 6.10 Å². The first-order valence-corrected chi connectivity index (χ1v) is 19.2. The highest BCUT2D eigenvalue weighted by molar-refractivity contribution is 5.92. The number of nitrogens with two attached hydrogens (primary N) is 1. The van der Waals surface area contributed by atoms with E-state index in [2.05, 4.69) is 26.0 Å².